The SMILES string of the molecule is CC[C@@H](C)N(C(=O)Cn1nnc(-c2ccc(C(N)=O)cc2)n1)[C@@H](C)CC. The monoisotopic (exact) mass is 358 g/mol. The molecule has 0 radical (unpaired) electrons. The molecule has 140 valence electrons. The van der Waals surface area contributed by atoms with E-state index in [1.165, 1.54) is 4.80 Å². The summed E-state index contributed by atoms with van der Waals surface area (Å²) in [5.41, 5.74) is 6.35. The molecule has 2 aromatic rings. The van der Waals surface area contributed by atoms with Gasteiger partial charge in [-0.25, -0.2) is 0 Å². The van der Waals surface area contributed by atoms with Crippen LogP contribution in [0, 0.1) is 0 Å². The van der Waals surface area contributed by atoms with E-state index in [1.54, 1.807) is 24.3 Å². The maximum atomic E-state index is 12.7. The number of benzene rings is 1. The van der Waals surface area contributed by atoms with Crippen LogP contribution >= 0.6 is 0 Å². The zero-order chi connectivity index (χ0) is 19.3. The Labute approximate surface area is 153 Å². The Morgan fingerprint density at radius 2 is 1.69 bits per heavy atom. The first-order valence-corrected chi connectivity index (χ1v) is 8.86. The van der Waals surface area contributed by atoms with E-state index < -0.39 is 5.91 Å². The Balaban J connectivity index is 2.13. The van der Waals surface area contributed by atoms with Crippen LogP contribution in [-0.4, -0.2) is 49.0 Å². The molecular formula is C18H26N6O2. The molecule has 0 saturated carbocycles. The van der Waals surface area contributed by atoms with Gasteiger partial charge in [-0.2, -0.15) is 4.80 Å². The normalized spacial score (nSPS) is 13.2. The van der Waals surface area contributed by atoms with Gasteiger partial charge in [-0.05, 0) is 44.0 Å². The van der Waals surface area contributed by atoms with E-state index in [-0.39, 0.29) is 24.5 Å². The number of carbonyl (C=O) groups excluding carboxylic acids is 2. The number of carbonyl (C=O) groups is 2. The van der Waals surface area contributed by atoms with E-state index in [2.05, 4.69) is 29.3 Å². The van der Waals surface area contributed by atoms with Crippen LogP contribution in [0.2, 0.25) is 0 Å². The van der Waals surface area contributed by atoms with Gasteiger partial charge in [-0.15, -0.1) is 10.2 Å². The van der Waals surface area contributed by atoms with Crippen LogP contribution in [0.15, 0.2) is 24.3 Å². The molecule has 0 bridgehead atoms. The summed E-state index contributed by atoms with van der Waals surface area (Å²) < 4.78 is 0. The molecule has 8 heteroatoms. The smallest absolute Gasteiger partial charge is 0.248 e. The van der Waals surface area contributed by atoms with Crippen molar-refractivity contribution >= 4 is 11.8 Å². The molecule has 0 unspecified atom stereocenters. The Bertz CT molecular complexity index is 745. The van der Waals surface area contributed by atoms with Gasteiger partial charge < -0.3 is 10.6 Å². The summed E-state index contributed by atoms with van der Waals surface area (Å²) >= 11 is 0. The zero-order valence-electron chi connectivity index (χ0n) is 15.7. The average molecular weight is 358 g/mol. The molecule has 0 aliphatic rings. The first kappa shape index (κ1) is 19.6. The van der Waals surface area contributed by atoms with E-state index >= 15 is 0 Å². The van der Waals surface area contributed by atoms with Crippen molar-refractivity contribution in [2.45, 2.75) is 59.2 Å². The largest absolute Gasteiger partial charge is 0.366 e. The Morgan fingerprint density at radius 1 is 1.12 bits per heavy atom. The number of tetrazole rings is 1. The molecule has 0 aliphatic heterocycles. The van der Waals surface area contributed by atoms with Crippen LogP contribution in [0.4, 0.5) is 0 Å². The number of primary amides is 1. The fourth-order valence-electron chi connectivity index (χ4n) is 2.73. The van der Waals surface area contributed by atoms with Crippen molar-refractivity contribution in [1.82, 2.24) is 25.1 Å². The Morgan fingerprint density at radius 3 is 2.19 bits per heavy atom. The third kappa shape index (κ3) is 4.44. The van der Waals surface area contributed by atoms with Gasteiger partial charge in [0.15, 0.2) is 0 Å². The molecule has 0 fully saturated rings. The molecule has 26 heavy (non-hydrogen) atoms. The highest BCUT2D eigenvalue weighted by Crippen LogP contribution is 2.15. The summed E-state index contributed by atoms with van der Waals surface area (Å²) in [7, 11) is 0. The second-order valence-electron chi connectivity index (χ2n) is 6.40. The van der Waals surface area contributed by atoms with Crippen molar-refractivity contribution in [1.29, 1.82) is 0 Å². The highest BCUT2D eigenvalue weighted by atomic mass is 16.2. The van der Waals surface area contributed by atoms with Gasteiger partial charge >= 0.3 is 0 Å². The lowest BCUT2D eigenvalue weighted by atomic mass is 10.1. The van der Waals surface area contributed by atoms with Gasteiger partial charge in [0.2, 0.25) is 17.6 Å². The van der Waals surface area contributed by atoms with Crippen LogP contribution in [0.1, 0.15) is 50.9 Å². The Hall–Kier alpha value is -2.77. The summed E-state index contributed by atoms with van der Waals surface area (Å²) in [5.74, 6) is -0.122. The fourth-order valence-corrected chi connectivity index (χ4v) is 2.73. The van der Waals surface area contributed by atoms with Gasteiger partial charge in [0.1, 0.15) is 6.54 Å². The molecule has 2 N–H and O–H groups in total. The zero-order valence-corrected chi connectivity index (χ0v) is 15.7. The molecule has 2 rings (SSSR count). The third-order valence-corrected chi connectivity index (χ3v) is 4.58. The lowest BCUT2D eigenvalue weighted by molar-refractivity contribution is -0.136. The van der Waals surface area contributed by atoms with Gasteiger partial charge in [-0.1, -0.05) is 26.0 Å². The highest BCUT2D eigenvalue weighted by Gasteiger charge is 2.24. The Kier molecular flexibility index (Phi) is 6.43. The van der Waals surface area contributed by atoms with Gasteiger partial charge in [0.05, 0.1) is 0 Å². The van der Waals surface area contributed by atoms with Crippen molar-refractivity contribution < 1.29 is 9.59 Å². The molecule has 2 amide bonds. The van der Waals surface area contributed by atoms with Gasteiger partial charge in [0, 0.05) is 23.2 Å². The minimum atomic E-state index is -0.492. The number of hydrogen-bond acceptors (Lipinski definition) is 5. The van der Waals surface area contributed by atoms with Gasteiger partial charge in [0.25, 0.3) is 0 Å². The predicted molar refractivity (Wildman–Crippen MR) is 98.1 cm³/mol. The molecule has 1 aromatic carbocycles. The molecule has 2 atom stereocenters. The van der Waals surface area contributed by atoms with E-state index in [9.17, 15) is 9.59 Å². The standard InChI is InChI=1S/C18H26N6O2/c1-5-12(3)24(13(4)6-2)16(25)11-23-21-18(20-22-23)15-9-7-14(8-10-15)17(19)26/h7-10,12-13H,5-6,11H2,1-4H3,(H2,19,26)/t12-,13+. The third-order valence-electron chi connectivity index (χ3n) is 4.58. The number of nitrogens with two attached hydrogens (primary N) is 1. The van der Waals surface area contributed by atoms with Crippen LogP contribution in [0.25, 0.3) is 11.4 Å². The van der Waals surface area contributed by atoms with Crippen molar-refractivity contribution in [2.24, 2.45) is 5.73 Å². The summed E-state index contributed by atoms with van der Waals surface area (Å²) in [6, 6.07) is 6.93. The first-order valence-electron chi connectivity index (χ1n) is 8.86. The number of nitrogens with zero attached hydrogens (tertiary/aromatic N) is 5. The van der Waals surface area contributed by atoms with Crippen LogP contribution in [0.5, 0.6) is 0 Å². The predicted octanol–water partition coefficient (Wildman–Crippen LogP) is 1.86. The second kappa shape index (κ2) is 8.55. The maximum Gasteiger partial charge on any atom is 0.248 e. The maximum absolute atomic E-state index is 12.7. The molecule has 0 aliphatic carbocycles. The summed E-state index contributed by atoms with van der Waals surface area (Å²) in [5, 5.41) is 12.3. The van der Waals surface area contributed by atoms with Crippen molar-refractivity contribution in [3.05, 3.63) is 29.8 Å². The molecule has 1 heterocycles. The minimum Gasteiger partial charge on any atom is -0.366 e. The number of aromatic nitrogens is 4. The minimum absolute atomic E-state index is 0.0262. The summed E-state index contributed by atoms with van der Waals surface area (Å²) in [6.45, 7) is 8.26. The first-order chi connectivity index (χ1) is 12.4. The molecule has 0 saturated heterocycles. The average Bonchev–Trinajstić information content (AvgIpc) is 3.09. The molecule has 0 spiro atoms. The number of hydrogen-bond donors (Lipinski definition) is 1. The lowest BCUT2D eigenvalue weighted by Crippen LogP contribution is -2.46. The fraction of sp³-hybridized carbons (Fsp3) is 0.500. The van der Waals surface area contributed by atoms with Crippen molar-refractivity contribution in [3.63, 3.8) is 0 Å². The van der Waals surface area contributed by atoms with Crippen molar-refractivity contribution in [2.75, 3.05) is 0 Å². The quantitative estimate of drug-likeness (QED) is 0.775. The number of rotatable bonds is 8. The van der Waals surface area contributed by atoms with Crippen LogP contribution in [0.3, 0.4) is 0 Å². The molecule has 1 aromatic heterocycles. The number of amides is 2. The van der Waals surface area contributed by atoms with E-state index in [4.69, 9.17) is 5.73 Å². The van der Waals surface area contributed by atoms with E-state index in [0.717, 1.165) is 12.8 Å². The topological polar surface area (TPSA) is 107 Å². The summed E-state index contributed by atoms with van der Waals surface area (Å²) in [4.78, 5) is 27.1. The van der Waals surface area contributed by atoms with E-state index in [1.807, 2.05) is 18.7 Å². The second-order valence-corrected chi connectivity index (χ2v) is 6.40. The lowest BCUT2D eigenvalue weighted by Gasteiger charge is -2.33. The molecular weight excluding hydrogens is 332 g/mol. The summed E-state index contributed by atoms with van der Waals surface area (Å²) in [6.07, 6.45) is 1.77. The molecule has 8 nitrogen and oxygen atoms in total. The van der Waals surface area contributed by atoms with Crippen LogP contribution < -0.4 is 5.73 Å². The van der Waals surface area contributed by atoms with E-state index in [0.29, 0.717) is 17.0 Å². The van der Waals surface area contributed by atoms with Crippen molar-refractivity contribution in [3.8, 4) is 11.4 Å². The highest BCUT2D eigenvalue weighted by molar-refractivity contribution is 5.93. The van der Waals surface area contributed by atoms with Gasteiger partial charge in [-0.3, -0.25) is 9.59 Å². The van der Waals surface area contributed by atoms with Crippen LogP contribution in [-0.2, 0) is 11.3 Å².